The average molecular weight is 437 g/mol. The summed E-state index contributed by atoms with van der Waals surface area (Å²) in [5.74, 6) is -1.91. The zero-order valence-corrected chi connectivity index (χ0v) is 15.3. The quantitative estimate of drug-likeness (QED) is 0.537. The van der Waals surface area contributed by atoms with Crippen molar-refractivity contribution in [2.24, 2.45) is 0 Å². The minimum absolute atomic E-state index is 0.0796. The zero-order valence-electron chi connectivity index (χ0n) is 14.5. The highest BCUT2D eigenvalue weighted by molar-refractivity contribution is 7.13. The fraction of sp³-hybridized carbons (Fsp3) is 0.235. The summed E-state index contributed by atoms with van der Waals surface area (Å²) in [6.07, 6.45) is -7.59. The van der Waals surface area contributed by atoms with Crippen LogP contribution in [0.15, 0.2) is 42.4 Å². The molecule has 0 saturated carbocycles. The Morgan fingerprint density at radius 1 is 1.10 bits per heavy atom. The number of rotatable bonds is 6. The molecule has 0 aliphatic carbocycles. The molecule has 0 bridgehead atoms. The number of alkyl halides is 6. The van der Waals surface area contributed by atoms with Gasteiger partial charge in [0.25, 0.3) is 5.91 Å². The minimum atomic E-state index is -5.10. The number of halogens is 6. The SMILES string of the molecule is C=CCN(CC(=O)Nc1nccs1)C(=O)c1cc(C(F)(F)F)cc(C(F)(F)F)c1. The van der Waals surface area contributed by atoms with Gasteiger partial charge < -0.3 is 10.2 Å². The molecule has 0 aliphatic rings. The number of hydrogen-bond donors (Lipinski definition) is 1. The molecule has 1 heterocycles. The summed E-state index contributed by atoms with van der Waals surface area (Å²) >= 11 is 1.09. The highest BCUT2D eigenvalue weighted by atomic mass is 32.1. The molecule has 2 amide bonds. The molecule has 5 nitrogen and oxygen atoms in total. The third-order valence-corrected chi connectivity index (χ3v) is 4.17. The molecule has 0 saturated heterocycles. The van der Waals surface area contributed by atoms with Crippen molar-refractivity contribution < 1.29 is 35.9 Å². The van der Waals surface area contributed by atoms with Crippen LogP contribution in [-0.4, -0.2) is 34.8 Å². The number of aromatic nitrogens is 1. The standard InChI is InChI=1S/C17H13F6N3O2S/c1-2-4-26(9-13(27)25-15-24-3-5-29-15)14(28)10-6-11(16(18,19)20)8-12(7-10)17(21,22)23/h2-3,5-8H,1,4,9H2,(H,24,25,27). The maximum atomic E-state index is 13.0. The maximum absolute atomic E-state index is 13.0. The Kier molecular flexibility index (Phi) is 6.67. The van der Waals surface area contributed by atoms with E-state index in [4.69, 9.17) is 0 Å². The zero-order chi connectivity index (χ0) is 21.8. The number of amides is 2. The molecule has 29 heavy (non-hydrogen) atoms. The Morgan fingerprint density at radius 3 is 2.14 bits per heavy atom. The Bertz CT molecular complexity index is 861. The smallest absolute Gasteiger partial charge is 0.326 e. The number of carbonyl (C=O) groups is 2. The largest absolute Gasteiger partial charge is 0.416 e. The first-order chi connectivity index (χ1) is 13.4. The second kappa shape index (κ2) is 8.64. The minimum Gasteiger partial charge on any atom is -0.326 e. The summed E-state index contributed by atoms with van der Waals surface area (Å²) in [5, 5.41) is 4.16. The van der Waals surface area contributed by atoms with Crippen LogP contribution in [0, 0.1) is 0 Å². The second-order valence-electron chi connectivity index (χ2n) is 5.65. The van der Waals surface area contributed by atoms with E-state index in [9.17, 15) is 35.9 Å². The van der Waals surface area contributed by atoms with E-state index in [1.165, 1.54) is 12.3 Å². The molecule has 1 N–H and O–H groups in total. The van der Waals surface area contributed by atoms with Gasteiger partial charge in [-0.3, -0.25) is 9.59 Å². The Morgan fingerprint density at radius 2 is 1.69 bits per heavy atom. The van der Waals surface area contributed by atoms with E-state index in [0.717, 1.165) is 16.2 Å². The van der Waals surface area contributed by atoms with Gasteiger partial charge in [-0.2, -0.15) is 26.3 Å². The van der Waals surface area contributed by atoms with Gasteiger partial charge in [-0.1, -0.05) is 6.08 Å². The number of hydrogen-bond acceptors (Lipinski definition) is 4. The topological polar surface area (TPSA) is 62.3 Å². The molecule has 0 spiro atoms. The van der Waals surface area contributed by atoms with E-state index in [1.54, 1.807) is 5.38 Å². The van der Waals surface area contributed by atoms with Gasteiger partial charge in [-0.15, -0.1) is 17.9 Å². The van der Waals surface area contributed by atoms with E-state index in [-0.39, 0.29) is 17.7 Å². The molecule has 2 aromatic rings. The van der Waals surface area contributed by atoms with Crippen molar-refractivity contribution in [1.82, 2.24) is 9.88 Å². The maximum Gasteiger partial charge on any atom is 0.416 e. The van der Waals surface area contributed by atoms with Crippen molar-refractivity contribution in [2.45, 2.75) is 12.4 Å². The normalized spacial score (nSPS) is 11.8. The van der Waals surface area contributed by atoms with Crippen molar-refractivity contribution in [2.75, 3.05) is 18.4 Å². The lowest BCUT2D eigenvalue weighted by molar-refractivity contribution is -0.143. The van der Waals surface area contributed by atoms with Gasteiger partial charge in [0.2, 0.25) is 5.91 Å². The number of benzene rings is 1. The molecule has 1 aromatic carbocycles. The molecule has 0 unspecified atom stereocenters. The molecule has 12 heteroatoms. The number of nitrogens with zero attached hydrogens (tertiary/aromatic N) is 2. The summed E-state index contributed by atoms with van der Waals surface area (Å²) in [5.41, 5.74) is -4.10. The van der Waals surface area contributed by atoms with Gasteiger partial charge >= 0.3 is 12.4 Å². The van der Waals surface area contributed by atoms with Gasteiger partial charge in [-0.25, -0.2) is 4.98 Å². The Balaban J connectivity index is 2.34. The summed E-state index contributed by atoms with van der Waals surface area (Å²) in [6, 6.07) is 0.544. The fourth-order valence-electron chi connectivity index (χ4n) is 2.25. The van der Waals surface area contributed by atoms with Crippen molar-refractivity contribution >= 4 is 28.3 Å². The van der Waals surface area contributed by atoms with Gasteiger partial charge in [0.1, 0.15) is 6.54 Å². The van der Waals surface area contributed by atoms with Gasteiger partial charge in [0.05, 0.1) is 11.1 Å². The van der Waals surface area contributed by atoms with Crippen molar-refractivity contribution in [3.8, 4) is 0 Å². The predicted octanol–water partition coefficient (Wildman–Crippen LogP) is 4.45. The number of nitrogens with one attached hydrogen (secondary N) is 1. The van der Waals surface area contributed by atoms with Crippen LogP contribution in [0.1, 0.15) is 21.5 Å². The Labute approximate surface area is 164 Å². The molecule has 0 atom stereocenters. The first kappa shape index (κ1) is 22.4. The molecule has 0 fully saturated rings. The molecule has 0 aliphatic heterocycles. The predicted molar refractivity (Wildman–Crippen MR) is 93.3 cm³/mol. The second-order valence-corrected chi connectivity index (χ2v) is 6.55. The van der Waals surface area contributed by atoms with Crippen LogP contribution in [-0.2, 0) is 17.1 Å². The molecule has 0 radical (unpaired) electrons. The number of anilines is 1. The summed E-state index contributed by atoms with van der Waals surface area (Å²) in [7, 11) is 0. The first-order valence-corrected chi connectivity index (χ1v) is 8.68. The van der Waals surface area contributed by atoms with Crippen LogP contribution in [0.25, 0.3) is 0 Å². The summed E-state index contributed by atoms with van der Waals surface area (Å²) < 4.78 is 78.0. The number of thiazole rings is 1. The van der Waals surface area contributed by atoms with E-state index < -0.39 is 47.4 Å². The molecular weight excluding hydrogens is 424 g/mol. The molecule has 156 valence electrons. The van der Waals surface area contributed by atoms with Gasteiger partial charge in [0.15, 0.2) is 5.13 Å². The van der Waals surface area contributed by atoms with Gasteiger partial charge in [-0.05, 0) is 18.2 Å². The third kappa shape index (κ3) is 6.04. The lowest BCUT2D eigenvalue weighted by Crippen LogP contribution is -2.38. The highest BCUT2D eigenvalue weighted by Gasteiger charge is 2.38. The van der Waals surface area contributed by atoms with Crippen LogP contribution < -0.4 is 5.32 Å². The van der Waals surface area contributed by atoms with E-state index >= 15 is 0 Å². The third-order valence-electron chi connectivity index (χ3n) is 3.48. The van der Waals surface area contributed by atoms with E-state index in [1.807, 2.05) is 0 Å². The van der Waals surface area contributed by atoms with Gasteiger partial charge in [0, 0.05) is 23.7 Å². The van der Waals surface area contributed by atoms with Crippen LogP contribution in [0.3, 0.4) is 0 Å². The lowest BCUT2D eigenvalue weighted by atomic mass is 10.0. The van der Waals surface area contributed by atoms with Crippen LogP contribution in [0.4, 0.5) is 31.5 Å². The Hall–Kier alpha value is -2.89. The van der Waals surface area contributed by atoms with Crippen molar-refractivity contribution in [3.63, 3.8) is 0 Å². The van der Waals surface area contributed by atoms with Crippen LogP contribution >= 0.6 is 11.3 Å². The van der Waals surface area contributed by atoms with E-state index in [0.29, 0.717) is 12.1 Å². The highest BCUT2D eigenvalue weighted by Crippen LogP contribution is 2.36. The molecule has 1 aromatic heterocycles. The fourth-order valence-corrected chi connectivity index (χ4v) is 2.80. The number of carbonyl (C=O) groups excluding carboxylic acids is 2. The lowest BCUT2D eigenvalue weighted by Gasteiger charge is -2.22. The molecular formula is C17H13F6N3O2S. The monoisotopic (exact) mass is 437 g/mol. The van der Waals surface area contributed by atoms with Crippen molar-refractivity contribution in [1.29, 1.82) is 0 Å². The van der Waals surface area contributed by atoms with Crippen molar-refractivity contribution in [3.05, 3.63) is 59.1 Å². The summed E-state index contributed by atoms with van der Waals surface area (Å²) in [4.78, 5) is 29.2. The summed E-state index contributed by atoms with van der Waals surface area (Å²) in [6.45, 7) is 2.48. The average Bonchev–Trinajstić information content (AvgIpc) is 3.11. The first-order valence-electron chi connectivity index (χ1n) is 7.81. The van der Waals surface area contributed by atoms with E-state index in [2.05, 4.69) is 16.9 Å². The van der Waals surface area contributed by atoms with Crippen LogP contribution in [0.5, 0.6) is 0 Å². The molecule has 2 rings (SSSR count). The van der Waals surface area contributed by atoms with Crippen LogP contribution in [0.2, 0.25) is 0 Å².